The number of ether oxygens (including phenoxy) is 1. The summed E-state index contributed by atoms with van der Waals surface area (Å²) in [7, 11) is 0. The van der Waals surface area contributed by atoms with Crippen LogP contribution in [0.15, 0.2) is 65.6 Å². The maximum Gasteiger partial charge on any atom is 0.350 e. The topological polar surface area (TPSA) is 114 Å². The van der Waals surface area contributed by atoms with E-state index in [0.29, 0.717) is 22.1 Å². The second-order valence-electron chi connectivity index (χ2n) is 6.93. The Balaban J connectivity index is 1.45. The van der Waals surface area contributed by atoms with Gasteiger partial charge in [0, 0.05) is 16.8 Å². The van der Waals surface area contributed by atoms with Gasteiger partial charge in [-0.2, -0.15) is 0 Å². The summed E-state index contributed by atoms with van der Waals surface area (Å²) in [4.78, 5) is 48.7. The van der Waals surface area contributed by atoms with Crippen molar-refractivity contribution in [1.82, 2.24) is 15.0 Å². The molecule has 0 radical (unpaired) electrons. The molecule has 0 atom stereocenters. The number of aryl methyl sites for hydroxylation is 1. The van der Waals surface area contributed by atoms with Crippen LogP contribution in [0, 0.1) is 6.92 Å². The minimum absolute atomic E-state index is 0.125. The molecule has 8 nitrogen and oxygen atoms in total. The van der Waals surface area contributed by atoms with Gasteiger partial charge in [0.1, 0.15) is 22.9 Å². The summed E-state index contributed by atoms with van der Waals surface area (Å²) in [5.74, 6) is -0.924. The maximum atomic E-state index is 12.6. The number of aromatic nitrogens is 3. The van der Waals surface area contributed by atoms with E-state index in [1.54, 1.807) is 31.2 Å². The van der Waals surface area contributed by atoms with Gasteiger partial charge >= 0.3 is 5.97 Å². The van der Waals surface area contributed by atoms with Gasteiger partial charge < -0.3 is 9.72 Å². The van der Waals surface area contributed by atoms with E-state index in [9.17, 15) is 14.4 Å². The molecule has 0 saturated carbocycles. The monoisotopic (exact) mass is 480 g/mol. The summed E-state index contributed by atoms with van der Waals surface area (Å²) in [5.41, 5.74) is 1.13. The standard InChI is InChI=1S/C23H17ClN4O4S/c1-13-18(22(31)32-12-14-5-3-2-4-6-14)33-23(26-13)28-21(30)17-11-25-19(27-20(17)29)15-7-9-16(24)10-8-15/h2-11H,12H2,1H3,(H,25,27,29)(H,26,28,30). The zero-order valence-electron chi connectivity index (χ0n) is 17.3. The molecule has 0 spiro atoms. The highest BCUT2D eigenvalue weighted by atomic mass is 35.5. The first-order valence-electron chi connectivity index (χ1n) is 9.76. The van der Waals surface area contributed by atoms with E-state index in [2.05, 4.69) is 20.3 Å². The Morgan fingerprint density at radius 1 is 1.12 bits per heavy atom. The quantitative estimate of drug-likeness (QED) is 0.394. The second-order valence-corrected chi connectivity index (χ2v) is 8.37. The van der Waals surface area contributed by atoms with Gasteiger partial charge in [-0.25, -0.2) is 14.8 Å². The molecule has 166 valence electrons. The predicted octanol–water partition coefficient (Wildman–Crippen LogP) is 4.46. The molecule has 2 aromatic carbocycles. The molecule has 0 saturated heterocycles. The lowest BCUT2D eigenvalue weighted by Gasteiger charge is -2.04. The summed E-state index contributed by atoms with van der Waals surface area (Å²) in [5, 5.41) is 3.27. The number of carbonyl (C=O) groups is 2. The second kappa shape index (κ2) is 9.76. The number of halogens is 1. The van der Waals surface area contributed by atoms with Crippen molar-refractivity contribution in [3.8, 4) is 11.4 Å². The molecule has 0 aliphatic carbocycles. The maximum absolute atomic E-state index is 12.6. The highest BCUT2D eigenvalue weighted by molar-refractivity contribution is 7.17. The van der Waals surface area contributed by atoms with Gasteiger partial charge in [0.25, 0.3) is 11.5 Å². The number of H-pyrrole nitrogens is 1. The van der Waals surface area contributed by atoms with Gasteiger partial charge in [-0.05, 0) is 36.8 Å². The summed E-state index contributed by atoms with van der Waals surface area (Å²) < 4.78 is 5.33. The molecule has 4 aromatic rings. The molecular formula is C23H17ClN4O4S. The van der Waals surface area contributed by atoms with Crippen molar-refractivity contribution in [2.75, 3.05) is 5.32 Å². The van der Waals surface area contributed by atoms with E-state index in [1.807, 2.05) is 30.3 Å². The van der Waals surface area contributed by atoms with Crippen LogP contribution in [0.3, 0.4) is 0 Å². The lowest BCUT2D eigenvalue weighted by molar-refractivity contribution is 0.0477. The number of nitrogens with zero attached hydrogens (tertiary/aromatic N) is 2. The highest BCUT2D eigenvalue weighted by Crippen LogP contribution is 2.24. The molecule has 2 heterocycles. The number of amides is 1. The lowest BCUT2D eigenvalue weighted by atomic mass is 10.2. The third-order valence-corrected chi connectivity index (χ3v) is 5.88. The van der Waals surface area contributed by atoms with Crippen molar-refractivity contribution in [3.63, 3.8) is 0 Å². The van der Waals surface area contributed by atoms with Crippen molar-refractivity contribution in [2.45, 2.75) is 13.5 Å². The Morgan fingerprint density at radius 3 is 2.55 bits per heavy atom. The first-order chi connectivity index (χ1) is 15.9. The number of nitrogens with one attached hydrogen (secondary N) is 2. The van der Waals surface area contributed by atoms with Crippen LogP contribution in [-0.2, 0) is 11.3 Å². The van der Waals surface area contributed by atoms with E-state index in [-0.39, 0.29) is 22.2 Å². The van der Waals surface area contributed by atoms with Crippen LogP contribution in [0.1, 0.15) is 31.3 Å². The minimum atomic E-state index is -0.690. The first kappa shape index (κ1) is 22.4. The number of rotatable bonds is 6. The molecule has 4 rings (SSSR count). The average molecular weight is 481 g/mol. The molecule has 0 bridgehead atoms. The number of carbonyl (C=O) groups excluding carboxylic acids is 2. The number of hydrogen-bond acceptors (Lipinski definition) is 7. The summed E-state index contributed by atoms with van der Waals surface area (Å²) in [6.45, 7) is 1.76. The number of benzene rings is 2. The largest absolute Gasteiger partial charge is 0.457 e. The average Bonchev–Trinajstić information content (AvgIpc) is 3.18. The van der Waals surface area contributed by atoms with Crippen LogP contribution in [0.4, 0.5) is 5.13 Å². The Bertz CT molecular complexity index is 1370. The Kier molecular flexibility index (Phi) is 6.62. The molecule has 2 aromatic heterocycles. The Labute approximate surface area is 197 Å². The van der Waals surface area contributed by atoms with E-state index in [0.717, 1.165) is 16.9 Å². The summed E-state index contributed by atoms with van der Waals surface area (Å²) >= 11 is 6.84. The molecule has 0 aliphatic rings. The van der Waals surface area contributed by atoms with E-state index in [4.69, 9.17) is 16.3 Å². The smallest absolute Gasteiger partial charge is 0.350 e. The third-order valence-electron chi connectivity index (χ3n) is 4.58. The molecule has 10 heteroatoms. The van der Waals surface area contributed by atoms with E-state index < -0.39 is 17.4 Å². The van der Waals surface area contributed by atoms with E-state index >= 15 is 0 Å². The third kappa shape index (κ3) is 5.33. The van der Waals surface area contributed by atoms with Crippen LogP contribution in [0.2, 0.25) is 5.02 Å². The Morgan fingerprint density at radius 2 is 1.85 bits per heavy atom. The fourth-order valence-corrected chi connectivity index (χ4v) is 3.88. The lowest BCUT2D eigenvalue weighted by Crippen LogP contribution is -2.24. The van der Waals surface area contributed by atoms with Crippen molar-refractivity contribution in [1.29, 1.82) is 0 Å². The van der Waals surface area contributed by atoms with Crippen molar-refractivity contribution in [2.24, 2.45) is 0 Å². The van der Waals surface area contributed by atoms with Gasteiger partial charge in [-0.3, -0.25) is 14.9 Å². The van der Waals surface area contributed by atoms with Crippen LogP contribution < -0.4 is 10.9 Å². The van der Waals surface area contributed by atoms with Crippen LogP contribution in [0.5, 0.6) is 0 Å². The zero-order valence-corrected chi connectivity index (χ0v) is 18.9. The molecular weight excluding hydrogens is 464 g/mol. The van der Waals surface area contributed by atoms with Crippen molar-refractivity contribution < 1.29 is 14.3 Å². The van der Waals surface area contributed by atoms with Crippen LogP contribution in [-0.4, -0.2) is 26.8 Å². The number of hydrogen-bond donors (Lipinski definition) is 2. The normalized spacial score (nSPS) is 10.6. The summed E-state index contributed by atoms with van der Waals surface area (Å²) in [6.07, 6.45) is 1.19. The van der Waals surface area contributed by atoms with Gasteiger partial charge in [0.15, 0.2) is 5.13 Å². The molecule has 1 amide bonds. The number of aromatic amines is 1. The fraction of sp³-hybridized carbons (Fsp3) is 0.0870. The minimum Gasteiger partial charge on any atom is -0.457 e. The van der Waals surface area contributed by atoms with Crippen molar-refractivity contribution >= 4 is 39.9 Å². The number of thiazole rings is 1. The SMILES string of the molecule is Cc1nc(NC(=O)c2cnc(-c3ccc(Cl)cc3)[nH]c2=O)sc1C(=O)OCc1ccccc1. The molecule has 0 aliphatic heterocycles. The highest BCUT2D eigenvalue weighted by Gasteiger charge is 2.20. The predicted molar refractivity (Wildman–Crippen MR) is 126 cm³/mol. The first-order valence-corrected chi connectivity index (χ1v) is 11.0. The van der Waals surface area contributed by atoms with Crippen LogP contribution >= 0.6 is 22.9 Å². The van der Waals surface area contributed by atoms with Gasteiger partial charge in [-0.15, -0.1) is 0 Å². The van der Waals surface area contributed by atoms with Gasteiger partial charge in [0.05, 0.1) is 5.69 Å². The number of esters is 1. The molecule has 0 unspecified atom stereocenters. The number of anilines is 1. The van der Waals surface area contributed by atoms with Crippen LogP contribution in [0.25, 0.3) is 11.4 Å². The molecule has 33 heavy (non-hydrogen) atoms. The van der Waals surface area contributed by atoms with Gasteiger partial charge in [-0.1, -0.05) is 53.3 Å². The van der Waals surface area contributed by atoms with Gasteiger partial charge in [0.2, 0.25) is 0 Å². The molecule has 0 fully saturated rings. The molecule has 2 N–H and O–H groups in total. The zero-order chi connectivity index (χ0) is 23.4. The fourth-order valence-electron chi connectivity index (χ4n) is 2.90. The Hall–Kier alpha value is -3.82. The van der Waals surface area contributed by atoms with Crippen molar-refractivity contribution in [3.05, 3.63) is 97.9 Å². The summed E-state index contributed by atoms with van der Waals surface area (Å²) in [6, 6.07) is 16.0. The van der Waals surface area contributed by atoms with E-state index in [1.165, 1.54) is 6.20 Å².